The minimum atomic E-state index is -1.11. The SMILES string of the molecule is CCCC(C)(C)[Si](OCC)c1ccccc1CO. The smallest absolute Gasteiger partial charge is 0.252 e. The third kappa shape index (κ3) is 3.67. The molecule has 0 atom stereocenters. The minimum absolute atomic E-state index is 0.0968. The van der Waals surface area contributed by atoms with Crippen molar-refractivity contribution in [2.45, 2.75) is 52.2 Å². The molecule has 0 saturated heterocycles. The van der Waals surface area contributed by atoms with Gasteiger partial charge in [-0.25, -0.2) is 0 Å². The van der Waals surface area contributed by atoms with Gasteiger partial charge < -0.3 is 9.53 Å². The molecule has 0 aromatic heterocycles. The average molecular weight is 265 g/mol. The summed E-state index contributed by atoms with van der Waals surface area (Å²) in [5.41, 5.74) is 1.02. The molecule has 0 bridgehead atoms. The summed E-state index contributed by atoms with van der Waals surface area (Å²) in [5, 5.41) is 10.9. The van der Waals surface area contributed by atoms with Gasteiger partial charge in [0.15, 0.2) is 0 Å². The molecule has 0 unspecified atom stereocenters. The van der Waals surface area contributed by atoms with Gasteiger partial charge in [0.1, 0.15) is 0 Å². The van der Waals surface area contributed by atoms with E-state index in [1.54, 1.807) is 0 Å². The van der Waals surface area contributed by atoms with E-state index in [-0.39, 0.29) is 11.6 Å². The highest BCUT2D eigenvalue weighted by molar-refractivity contribution is 6.70. The van der Waals surface area contributed by atoms with E-state index in [9.17, 15) is 5.11 Å². The van der Waals surface area contributed by atoms with Gasteiger partial charge in [-0.3, -0.25) is 0 Å². The Bertz CT molecular complexity index is 363. The molecule has 0 aliphatic carbocycles. The van der Waals surface area contributed by atoms with Crippen LogP contribution in [-0.2, 0) is 11.0 Å². The van der Waals surface area contributed by atoms with E-state index in [1.807, 2.05) is 25.1 Å². The first-order valence-corrected chi connectivity index (χ1v) is 8.17. The predicted molar refractivity (Wildman–Crippen MR) is 78.3 cm³/mol. The van der Waals surface area contributed by atoms with E-state index >= 15 is 0 Å². The summed E-state index contributed by atoms with van der Waals surface area (Å²) in [6.07, 6.45) is 2.32. The molecular weight excluding hydrogens is 240 g/mol. The molecule has 18 heavy (non-hydrogen) atoms. The molecule has 1 aromatic carbocycles. The summed E-state index contributed by atoms with van der Waals surface area (Å²) in [6.45, 7) is 9.67. The van der Waals surface area contributed by atoms with Crippen LogP contribution in [0.2, 0.25) is 5.04 Å². The number of benzene rings is 1. The van der Waals surface area contributed by atoms with Gasteiger partial charge in [0.25, 0.3) is 9.04 Å². The zero-order valence-corrected chi connectivity index (χ0v) is 13.0. The van der Waals surface area contributed by atoms with Crippen molar-refractivity contribution in [2.24, 2.45) is 0 Å². The van der Waals surface area contributed by atoms with Crippen LogP contribution in [0.15, 0.2) is 24.3 Å². The Kier molecular flexibility index (Phi) is 6.06. The maximum Gasteiger partial charge on any atom is 0.252 e. The van der Waals surface area contributed by atoms with E-state index in [2.05, 4.69) is 26.8 Å². The highest BCUT2D eigenvalue weighted by atomic mass is 28.3. The number of rotatable bonds is 7. The van der Waals surface area contributed by atoms with Crippen LogP contribution in [0.1, 0.15) is 46.1 Å². The van der Waals surface area contributed by atoms with Gasteiger partial charge >= 0.3 is 0 Å². The molecule has 3 heteroatoms. The lowest BCUT2D eigenvalue weighted by atomic mass is 10.1. The number of aliphatic hydroxyl groups is 1. The summed E-state index contributed by atoms with van der Waals surface area (Å²) < 4.78 is 6.08. The fourth-order valence-corrected chi connectivity index (χ4v) is 5.14. The molecule has 0 fully saturated rings. The van der Waals surface area contributed by atoms with Gasteiger partial charge in [-0.2, -0.15) is 0 Å². The van der Waals surface area contributed by atoms with Crippen molar-refractivity contribution in [1.29, 1.82) is 0 Å². The third-order valence-corrected chi connectivity index (χ3v) is 6.24. The molecule has 2 nitrogen and oxygen atoms in total. The van der Waals surface area contributed by atoms with Gasteiger partial charge in [0.2, 0.25) is 0 Å². The molecule has 1 radical (unpaired) electrons. The molecule has 0 spiro atoms. The Morgan fingerprint density at radius 3 is 2.44 bits per heavy atom. The predicted octanol–water partition coefficient (Wildman–Crippen LogP) is 2.99. The van der Waals surface area contributed by atoms with Gasteiger partial charge in [0, 0.05) is 6.61 Å². The lowest BCUT2D eigenvalue weighted by Gasteiger charge is -2.32. The summed E-state index contributed by atoms with van der Waals surface area (Å²) in [6, 6.07) is 8.14. The monoisotopic (exact) mass is 265 g/mol. The van der Waals surface area contributed by atoms with Crippen molar-refractivity contribution >= 4 is 14.2 Å². The van der Waals surface area contributed by atoms with Crippen LogP contribution in [0.3, 0.4) is 0 Å². The first kappa shape index (κ1) is 15.4. The van der Waals surface area contributed by atoms with Crippen LogP contribution < -0.4 is 5.19 Å². The summed E-state index contributed by atoms with van der Waals surface area (Å²) in [4.78, 5) is 0. The van der Waals surface area contributed by atoms with E-state index in [0.29, 0.717) is 0 Å². The van der Waals surface area contributed by atoms with Crippen molar-refractivity contribution in [2.75, 3.05) is 6.61 Å². The van der Waals surface area contributed by atoms with Crippen LogP contribution >= 0.6 is 0 Å². The van der Waals surface area contributed by atoms with Crippen molar-refractivity contribution < 1.29 is 9.53 Å². The molecule has 0 heterocycles. The third-order valence-electron chi connectivity index (χ3n) is 3.21. The first-order valence-electron chi connectivity index (χ1n) is 6.76. The molecule has 1 aromatic rings. The highest BCUT2D eigenvalue weighted by Crippen LogP contribution is 2.34. The fourth-order valence-electron chi connectivity index (χ4n) is 2.40. The van der Waals surface area contributed by atoms with Crippen molar-refractivity contribution in [3.8, 4) is 0 Å². The van der Waals surface area contributed by atoms with E-state index in [1.165, 1.54) is 5.19 Å². The molecule has 101 valence electrons. The van der Waals surface area contributed by atoms with E-state index in [0.717, 1.165) is 25.0 Å². The molecule has 0 saturated carbocycles. The number of hydrogen-bond donors (Lipinski definition) is 1. The molecule has 0 aliphatic rings. The second-order valence-electron chi connectivity index (χ2n) is 5.21. The van der Waals surface area contributed by atoms with E-state index in [4.69, 9.17) is 4.43 Å². The fraction of sp³-hybridized carbons (Fsp3) is 0.600. The highest BCUT2D eigenvalue weighted by Gasteiger charge is 2.35. The Hall–Kier alpha value is -0.643. The minimum Gasteiger partial charge on any atom is -0.411 e. The Balaban J connectivity index is 3.11. The second kappa shape index (κ2) is 7.07. The standard InChI is InChI=1S/C15H25O2Si/c1-5-11-15(3,4)18(17-6-2)14-10-8-7-9-13(14)12-16/h7-10,16H,5-6,11-12H2,1-4H3. The number of aliphatic hydroxyl groups excluding tert-OH is 1. The van der Waals surface area contributed by atoms with Gasteiger partial charge in [-0.15, -0.1) is 0 Å². The maximum atomic E-state index is 9.49. The summed E-state index contributed by atoms with van der Waals surface area (Å²) >= 11 is 0. The van der Waals surface area contributed by atoms with Crippen LogP contribution in [0.25, 0.3) is 0 Å². The van der Waals surface area contributed by atoms with Gasteiger partial charge in [0.05, 0.1) is 6.61 Å². The lowest BCUT2D eigenvalue weighted by molar-refractivity contribution is 0.281. The Labute approximate surface area is 113 Å². The average Bonchev–Trinajstić information content (AvgIpc) is 2.35. The summed E-state index contributed by atoms with van der Waals surface area (Å²) in [5.74, 6) is 0. The zero-order chi connectivity index (χ0) is 13.6. The van der Waals surface area contributed by atoms with Crippen LogP contribution in [0, 0.1) is 0 Å². The molecule has 1 rings (SSSR count). The normalized spacial score (nSPS) is 12.1. The van der Waals surface area contributed by atoms with Crippen LogP contribution in [-0.4, -0.2) is 20.8 Å². The second-order valence-corrected chi connectivity index (χ2v) is 8.05. The molecule has 0 amide bonds. The number of hydrogen-bond acceptors (Lipinski definition) is 2. The largest absolute Gasteiger partial charge is 0.411 e. The van der Waals surface area contributed by atoms with Crippen LogP contribution in [0.5, 0.6) is 0 Å². The van der Waals surface area contributed by atoms with Gasteiger partial charge in [-0.05, 0) is 29.1 Å². The van der Waals surface area contributed by atoms with E-state index < -0.39 is 9.04 Å². The van der Waals surface area contributed by atoms with Gasteiger partial charge in [-0.1, -0.05) is 51.5 Å². The quantitative estimate of drug-likeness (QED) is 0.768. The van der Waals surface area contributed by atoms with Crippen LogP contribution in [0.4, 0.5) is 0 Å². The Morgan fingerprint density at radius 1 is 1.22 bits per heavy atom. The van der Waals surface area contributed by atoms with Crippen molar-refractivity contribution in [1.82, 2.24) is 0 Å². The molecule has 0 aliphatic heterocycles. The lowest BCUT2D eigenvalue weighted by Crippen LogP contribution is -2.44. The molecule has 1 N–H and O–H groups in total. The Morgan fingerprint density at radius 2 is 1.89 bits per heavy atom. The topological polar surface area (TPSA) is 29.5 Å². The van der Waals surface area contributed by atoms with Crippen molar-refractivity contribution in [3.63, 3.8) is 0 Å². The van der Waals surface area contributed by atoms with Crippen molar-refractivity contribution in [3.05, 3.63) is 29.8 Å². The maximum absolute atomic E-state index is 9.49. The molecular formula is C15H25O2Si. The summed E-state index contributed by atoms with van der Waals surface area (Å²) in [7, 11) is -1.11. The zero-order valence-electron chi connectivity index (χ0n) is 12.0. The first-order chi connectivity index (χ1) is 8.56.